The molecule has 0 amide bonds. The van der Waals surface area contributed by atoms with Gasteiger partial charge in [-0.25, -0.2) is 9.97 Å². The molecule has 3 heterocycles. The molecule has 4 rings (SSSR count). The molecule has 0 aliphatic rings. The van der Waals surface area contributed by atoms with Crippen LogP contribution in [-0.2, 0) is 0 Å². The number of rotatable bonds is 3. The Morgan fingerprint density at radius 3 is 3.00 bits per heavy atom. The Morgan fingerprint density at radius 1 is 1.19 bits per heavy atom. The summed E-state index contributed by atoms with van der Waals surface area (Å²) in [6, 6.07) is 10.1. The van der Waals surface area contributed by atoms with E-state index in [4.69, 9.17) is 0 Å². The van der Waals surface area contributed by atoms with Gasteiger partial charge in [0.15, 0.2) is 5.82 Å². The minimum atomic E-state index is 0.653. The molecule has 0 bridgehead atoms. The fourth-order valence-electron chi connectivity index (χ4n) is 2.39. The van der Waals surface area contributed by atoms with E-state index in [0.717, 1.165) is 33.6 Å². The molecule has 3 aromatic heterocycles. The standard InChI is InChI=1S/C15H13N5S/c1-2-16-15-18-13(10-7-8-21-14(10)19-15)20-9-17-11-5-3-4-6-12(11)20/h3-9H,2H2,1H3,(H,16,18,19). The number of anilines is 1. The van der Waals surface area contributed by atoms with E-state index < -0.39 is 0 Å². The Bertz CT molecular complexity index is 924. The number of nitrogens with one attached hydrogen (secondary N) is 1. The summed E-state index contributed by atoms with van der Waals surface area (Å²) in [7, 11) is 0. The van der Waals surface area contributed by atoms with Crippen molar-refractivity contribution < 1.29 is 0 Å². The fourth-order valence-corrected chi connectivity index (χ4v) is 3.15. The largest absolute Gasteiger partial charge is 0.354 e. The van der Waals surface area contributed by atoms with E-state index in [0.29, 0.717) is 5.95 Å². The lowest BCUT2D eigenvalue weighted by atomic mass is 10.3. The average molecular weight is 295 g/mol. The molecular weight excluding hydrogens is 282 g/mol. The highest BCUT2D eigenvalue weighted by molar-refractivity contribution is 7.16. The van der Waals surface area contributed by atoms with Crippen LogP contribution in [0.2, 0.25) is 0 Å². The van der Waals surface area contributed by atoms with E-state index in [-0.39, 0.29) is 0 Å². The number of benzene rings is 1. The Morgan fingerprint density at radius 2 is 2.10 bits per heavy atom. The van der Waals surface area contributed by atoms with Crippen LogP contribution in [0.4, 0.5) is 5.95 Å². The van der Waals surface area contributed by atoms with Crippen LogP contribution in [0.5, 0.6) is 0 Å². The number of para-hydroxylation sites is 2. The molecule has 0 fully saturated rings. The molecule has 5 nitrogen and oxygen atoms in total. The summed E-state index contributed by atoms with van der Waals surface area (Å²) in [6.45, 7) is 2.83. The second-order valence-corrected chi connectivity index (χ2v) is 5.54. The molecule has 1 N–H and O–H groups in total. The van der Waals surface area contributed by atoms with Crippen LogP contribution >= 0.6 is 11.3 Å². The van der Waals surface area contributed by atoms with Gasteiger partial charge in [0.2, 0.25) is 5.95 Å². The highest BCUT2D eigenvalue weighted by atomic mass is 32.1. The fraction of sp³-hybridized carbons (Fsp3) is 0.133. The molecule has 0 saturated heterocycles. The lowest BCUT2D eigenvalue weighted by Gasteiger charge is -2.08. The molecule has 104 valence electrons. The van der Waals surface area contributed by atoms with Gasteiger partial charge in [0.1, 0.15) is 11.2 Å². The van der Waals surface area contributed by atoms with Crippen molar-refractivity contribution in [2.75, 3.05) is 11.9 Å². The van der Waals surface area contributed by atoms with Gasteiger partial charge in [-0.05, 0) is 30.5 Å². The van der Waals surface area contributed by atoms with Crippen molar-refractivity contribution >= 4 is 38.5 Å². The summed E-state index contributed by atoms with van der Waals surface area (Å²) >= 11 is 1.62. The third kappa shape index (κ3) is 1.95. The Hall–Kier alpha value is -2.47. The van der Waals surface area contributed by atoms with E-state index >= 15 is 0 Å². The minimum absolute atomic E-state index is 0.653. The summed E-state index contributed by atoms with van der Waals surface area (Å²) < 4.78 is 2.02. The van der Waals surface area contributed by atoms with Gasteiger partial charge in [0.25, 0.3) is 0 Å². The molecule has 0 aliphatic heterocycles. The molecule has 6 heteroatoms. The SMILES string of the molecule is CCNc1nc(-n2cnc3ccccc32)c2ccsc2n1. The summed E-state index contributed by atoms with van der Waals surface area (Å²) in [5.74, 6) is 1.52. The van der Waals surface area contributed by atoms with Crippen molar-refractivity contribution in [1.29, 1.82) is 0 Å². The molecule has 0 atom stereocenters. The number of hydrogen-bond acceptors (Lipinski definition) is 5. The maximum Gasteiger partial charge on any atom is 0.226 e. The molecule has 1 aromatic carbocycles. The van der Waals surface area contributed by atoms with Crippen LogP contribution in [-0.4, -0.2) is 26.1 Å². The second-order valence-electron chi connectivity index (χ2n) is 4.64. The van der Waals surface area contributed by atoms with Gasteiger partial charge in [-0.2, -0.15) is 4.98 Å². The van der Waals surface area contributed by atoms with Crippen molar-refractivity contribution in [2.45, 2.75) is 6.92 Å². The molecule has 0 radical (unpaired) electrons. The zero-order valence-corrected chi connectivity index (χ0v) is 12.3. The molecule has 0 spiro atoms. The van der Waals surface area contributed by atoms with Crippen LogP contribution < -0.4 is 5.32 Å². The predicted molar refractivity (Wildman–Crippen MR) is 86.2 cm³/mol. The molecular formula is C15H13N5S. The van der Waals surface area contributed by atoms with Crippen molar-refractivity contribution in [3.8, 4) is 5.82 Å². The van der Waals surface area contributed by atoms with E-state index in [9.17, 15) is 0 Å². The van der Waals surface area contributed by atoms with Gasteiger partial charge in [-0.1, -0.05) is 12.1 Å². The molecule has 0 aliphatic carbocycles. The van der Waals surface area contributed by atoms with Crippen molar-refractivity contribution in [2.24, 2.45) is 0 Å². The third-order valence-corrected chi connectivity index (χ3v) is 4.13. The maximum atomic E-state index is 4.66. The zero-order chi connectivity index (χ0) is 14.2. The smallest absolute Gasteiger partial charge is 0.226 e. The molecule has 4 aromatic rings. The highest BCUT2D eigenvalue weighted by Gasteiger charge is 2.12. The summed E-state index contributed by atoms with van der Waals surface area (Å²) in [4.78, 5) is 14.6. The summed E-state index contributed by atoms with van der Waals surface area (Å²) in [5, 5.41) is 6.28. The normalized spacial score (nSPS) is 11.3. The van der Waals surface area contributed by atoms with Gasteiger partial charge in [-0.15, -0.1) is 11.3 Å². The predicted octanol–water partition coefficient (Wildman–Crippen LogP) is 3.46. The minimum Gasteiger partial charge on any atom is -0.354 e. The number of aromatic nitrogens is 4. The monoisotopic (exact) mass is 295 g/mol. The average Bonchev–Trinajstić information content (AvgIpc) is 3.13. The summed E-state index contributed by atoms with van der Waals surface area (Å²) in [6.07, 6.45) is 1.82. The molecule has 21 heavy (non-hydrogen) atoms. The second kappa shape index (κ2) is 4.82. The quantitative estimate of drug-likeness (QED) is 0.629. The first-order valence-electron chi connectivity index (χ1n) is 6.78. The van der Waals surface area contributed by atoms with Gasteiger partial charge in [0.05, 0.1) is 16.4 Å². The van der Waals surface area contributed by atoms with Crippen LogP contribution in [0.15, 0.2) is 42.0 Å². The third-order valence-electron chi connectivity index (χ3n) is 3.32. The van der Waals surface area contributed by atoms with Gasteiger partial charge < -0.3 is 5.32 Å². The first kappa shape index (κ1) is 12.3. The van der Waals surface area contributed by atoms with E-state index in [1.54, 1.807) is 11.3 Å². The van der Waals surface area contributed by atoms with Crippen LogP contribution in [0, 0.1) is 0 Å². The summed E-state index contributed by atoms with van der Waals surface area (Å²) in [5.41, 5.74) is 2.01. The first-order chi connectivity index (χ1) is 10.4. The van der Waals surface area contributed by atoms with Gasteiger partial charge >= 0.3 is 0 Å². The zero-order valence-electron chi connectivity index (χ0n) is 11.4. The number of imidazole rings is 1. The van der Waals surface area contributed by atoms with Crippen molar-refractivity contribution in [3.05, 3.63) is 42.0 Å². The lowest BCUT2D eigenvalue weighted by Crippen LogP contribution is -2.05. The van der Waals surface area contributed by atoms with Crippen LogP contribution in [0.25, 0.3) is 27.1 Å². The Balaban J connectivity index is 2.02. The van der Waals surface area contributed by atoms with Gasteiger partial charge in [-0.3, -0.25) is 4.57 Å². The van der Waals surface area contributed by atoms with E-state index in [1.807, 2.05) is 41.4 Å². The van der Waals surface area contributed by atoms with Crippen molar-refractivity contribution in [3.63, 3.8) is 0 Å². The van der Waals surface area contributed by atoms with Crippen molar-refractivity contribution in [1.82, 2.24) is 19.5 Å². The van der Waals surface area contributed by atoms with Gasteiger partial charge in [0, 0.05) is 6.54 Å². The van der Waals surface area contributed by atoms with E-state index in [2.05, 4.69) is 32.4 Å². The van der Waals surface area contributed by atoms with E-state index in [1.165, 1.54) is 0 Å². The Kier molecular flexibility index (Phi) is 2.82. The highest BCUT2D eigenvalue weighted by Crippen LogP contribution is 2.27. The number of thiophene rings is 1. The number of nitrogens with zero attached hydrogens (tertiary/aromatic N) is 4. The number of fused-ring (bicyclic) bond motifs is 2. The molecule has 0 unspecified atom stereocenters. The lowest BCUT2D eigenvalue weighted by molar-refractivity contribution is 1.01. The maximum absolute atomic E-state index is 4.66. The van der Waals surface area contributed by atoms with Crippen LogP contribution in [0.1, 0.15) is 6.92 Å². The molecule has 0 saturated carbocycles. The first-order valence-corrected chi connectivity index (χ1v) is 7.66. The Labute approximate surface area is 125 Å². The number of hydrogen-bond donors (Lipinski definition) is 1. The topological polar surface area (TPSA) is 55.6 Å². The van der Waals surface area contributed by atoms with Crippen LogP contribution in [0.3, 0.4) is 0 Å².